The molecule has 102 valence electrons. The van der Waals surface area contributed by atoms with Crippen molar-refractivity contribution in [3.8, 4) is 11.5 Å². The first-order valence-corrected chi connectivity index (χ1v) is 6.13. The molecular formula is C14H19N3O2. The molecule has 0 saturated heterocycles. The van der Waals surface area contributed by atoms with Crippen LogP contribution >= 0.6 is 0 Å². The Labute approximate surface area is 112 Å². The van der Waals surface area contributed by atoms with E-state index in [1.807, 2.05) is 31.6 Å². The number of aromatic hydroxyl groups is 1. The number of hydrogen-bond donors (Lipinski definition) is 2. The van der Waals surface area contributed by atoms with Gasteiger partial charge in [0.2, 0.25) is 0 Å². The van der Waals surface area contributed by atoms with Gasteiger partial charge in [-0.15, -0.1) is 0 Å². The van der Waals surface area contributed by atoms with Gasteiger partial charge in [-0.25, -0.2) is 0 Å². The van der Waals surface area contributed by atoms with Gasteiger partial charge < -0.3 is 15.2 Å². The molecule has 1 aromatic heterocycles. The third-order valence-electron chi connectivity index (χ3n) is 3.25. The zero-order valence-electron chi connectivity index (χ0n) is 11.7. The molecule has 19 heavy (non-hydrogen) atoms. The van der Waals surface area contributed by atoms with Crippen molar-refractivity contribution in [1.82, 2.24) is 9.78 Å². The summed E-state index contributed by atoms with van der Waals surface area (Å²) < 4.78 is 6.99. The summed E-state index contributed by atoms with van der Waals surface area (Å²) in [6, 6.07) is 5.20. The molecule has 0 aliphatic rings. The first-order valence-electron chi connectivity index (χ1n) is 6.13. The summed E-state index contributed by atoms with van der Waals surface area (Å²) in [6.45, 7) is 4.49. The van der Waals surface area contributed by atoms with Crippen LogP contribution in [0.5, 0.6) is 11.5 Å². The van der Waals surface area contributed by atoms with E-state index >= 15 is 0 Å². The van der Waals surface area contributed by atoms with Gasteiger partial charge in [-0.1, -0.05) is 0 Å². The summed E-state index contributed by atoms with van der Waals surface area (Å²) in [5.74, 6) is 0.988. The van der Waals surface area contributed by atoms with E-state index in [9.17, 15) is 5.11 Å². The highest BCUT2D eigenvalue weighted by Gasteiger charge is 2.10. The SMILES string of the molecule is COc1ccc(O)c(CNc2c(C)nn(C)c2C)c1. The third kappa shape index (κ3) is 2.65. The zero-order valence-corrected chi connectivity index (χ0v) is 11.7. The number of methoxy groups -OCH3 is 1. The monoisotopic (exact) mass is 261 g/mol. The standard InChI is InChI=1S/C14H19N3O2/c1-9-14(10(2)17(3)16-9)15-8-11-7-12(19-4)5-6-13(11)18/h5-7,15,18H,8H2,1-4H3. The van der Waals surface area contributed by atoms with Crippen molar-refractivity contribution in [3.05, 3.63) is 35.2 Å². The maximum atomic E-state index is 9.84. The number of aromatic nitrogens is 2. The second-order valence-corrected chi connectivity index (χ2v) is 4.52. The molecule has 0 spiro atoms. The number of nitrogens with one attached hydrogen (secondary N) is 1. The molecule has 0 bridgehead atoms. The molecule has 0 aliphatic heterocycles. The number of phenols is 1. The van der Waals surface area contributed by atoms with E-state index in [0.717, 1.165) is 28.4 Å². The van der Waals surface area contributed by atoms with Crippen LogP contribution in [0.2, 0.25) is 0 Å². The molecule has 0 saturated carbocycles. The van der Waals surface area contributed by atoms with Crippen LogP contribution in [0.4, 0.5) is 5.69 Å². The molecule has 2 N–H and O–H groups in total. The van der Waals surface area contributed by atoms with E-state index in [4.69, 9.17) is 4.74 Å². The van der Waals surface area contributed by atoms with Crippen LogP contribution in [0.1, 0.15) is 17.0 Å². The zero-order chi connectivity index (χ0) is 14.0. The average Bonchev–Trinajstić information content (AvgIpc) is 2.63. The molecule has 0 unspecified atom stereocenters. The Balaban J connectivity index is 2.18. The predicted molar refractivity (Wildman–Crippen MR) is 74.7 cm³/mol. The quantitative estimate of drug-likeness (QED) is 0.887. The summed E-state index contributed by atoms with van der Waals surface area (Å²) in [6.07, 6.45) is 0. The topological polar surface area (TPSA) is 59.3 Å². The van der Waals surface area contributed by atoms with E-state index in [0.29, 0.717) is 6.54 Å². The largest absolute Gasteiger partial charge is 0.508 e. The van der Waals surface area contributed by atoms with Crippen LogP contribution in [0, 0.1) is 13.8 Å². The van der Waals surface area contributed by atoms with Crippen molar-refractivity contribution in [2.24, 2.45) is 7.05 Å². The molecule has 0 atom stereocenters. The molecule has 0 fully saturated rings. The Morgan fingerprint density at radius 3 is 2.68 bits per heavy atom. The lowest BCUT2D eigenvalue weighted by Gasteiger charge is -2.10. The van der Waals surface area contributed by atoms with Gasteiger partial charge in [0.25, 0.3) is 0 Å². The van der Waals surface area contributed by atoms with Gasteiger partial charge in [0.05, 0.1) is 24.2 Å². The Kier molecular flexibility index (Phi) is 3.64. The van der Waals surface area contributed by atoms with E-state index in [1.54, 1.807) is 19.2 Å². The summed E-state index contributed by atoms with van der Waals surface area (Å²) in [5, 5.41) is 17.5. The van der Waals surface area contributed by atoms with Crippen molar-refractivity contribution in [3.63, 3.8) is 0 Å². The molecule has 2 rings (SSSR count). The van der Waals surface area contributed by atoms with Crippen LogP contribution in [0.3, 0.4) is 0 Å². The number of nitrogens with zero attached hydrogens (tertiary/aromatic N) is 2. The highest BCUT2D eigenvalue weighted by atomic mass is 16.5. The summed E-state index contributed by atoms with van der Waals surface area (Å²) in [5.41, 5.74) is 3.81. The van der Waals surface area contributed by atoms with Crippen molar-refractivity contribution >= 4 is 5.69 Å². The van der Waals surface area contributed by atoms with Crippen LogP contribution in [-0.2, 0) is 13.6 Å². The minimum absolute atomic E-state index is 0.257. The normalized spacial score (nSPS) is 10.5. The predicted octanol–water partition coefficient (Wildman–Crippen LogP) is 2.36. The average molecular weight is 261 g/mol. The fourth-order valence-corrected chi connectivity index (χ4v) is 2.04. The summed E-state index contributed by atoms with van der Waals surface area (Å²) >= 11 is 0. The number of aryl methyl sites for hydroxylation is 2. The van der Waals surface area contributed by atoms with Gasteiger partial charge >= 0.3 is 0 Å². The van der Waals surface area contributed by atoms with Crippen LogP contribution in [-0.4, -0.2) is 22.0 Å². The molecule has 5 heteroatoms. The number of rotatable bonds is 4. The minimum Gasteiger partial charge on any atom is -0.508 e. The van der Waals surface area contributed by atoms with Crippen LogP contribution < -0.4 is 10.1 Å². The van der Waals surface area contributed by atoms with Crippen molar-refractivity contribution in [2.75, 3.05) is 12.4 Å². The molecule has 0 aliphatic carbocycles. The first kappa shape index (κ1) is 13.3. The summed E-state index contributed by atoms with van der Waals surface area (Å²) in [4.78, 5) is 0. The first-order chi connectivity index (χ1) is 9.02. The number of hydrogen-bond acceptors (Lipinski definition) is 4. The third-order valence-corrected chi connectivity index (χ3v) is 3.25. The van der Waals surface area contributed by atoms with Gasteiger partial charge in [-0.3, -0.25) is 4.68 Å². The minimum atomic E-state index is 0.257. The maximum Gasteiger partial charge on any atom is 0.120 e. The van der Waals surface area contributed by atoms with Crippen molar-refractivity contribution in [2.45, 2.75) is 20.4 Å². The summed E-state index contributed by atoms with van der Waals surface area (Å²) in [7, 11) is 3.52. The number of anilines is 1. The lowest BCUT2D eigenvalue weighted by molar-refractivity contribution is 0.411. The van der Waals surface area contributed by atoms with Crippen molar-refractivity contribution in [1.29, 1.82) is 0 Å². The Bertz CT molecular complexity index is 591. The molecule has 1 aromatic carbocycles. The molecule has 5 nitrogen and oxygen atoms in total. The van der Waals surface area contributed by atoms with Crippen LogP contribution in [0.25, 0.3) is 0 Å². The van der Waals surface area contributed by atoms with Crippen LogP contribution in [0.15, 0.2) is 18.2 Å². The molecular weight excluding hydrogens is 242 g/mol. The Hall–Kier alpha value is -2.17. The second-order valence-electron chi connectivity index (χ2n) is 4.52. The highest BCUT2D eigenvalue weighted by molar-refractivity contribution is 5.53. The number of benzene rings is 1. The lowest BCUT2D eigenvalue weighted by Crippen LogP contribution is -2.02. The van der Waals surface area contributed by atoms with Crippen molar-refractivity contribution < 1.29 is 9.84 Å². The lowest BCUT2D eigenvalue weighted by atomic mass is 10.2. The highest BCUT2D eigenvalue weighted by Crippen LogP contribution is 2.25. The van der Waals surface area contributed by atoms with Gasteiger partial charge in [-0.2, -0.15) is 5.10 Å². The molecule has 0 amide bonds. The fourth-order valence-electron chi connectivity index (χ4n) is 2.04. The maximum absolute atomic E-state index is 9.84. The molecule has 0 radical (unpaired) electrons. The fraction of sp³-hybridized carbons (Fsp3) is 0.357. The van der Waals surface area contributed by atoms with E-state index in [1.165, 1.54) is 0 Å². The van der Waals surface area contributed by atoms with E-state index in [2.05, 4.69) is 10.4 Å². The Morgan fingerprint density at radius 1 is 1.37 bits per heavy atom. The van der Waals surface area contributed by atoms with Gasteiger partial charge in [0, 0.05) is 19.2 Å². The smallest absolute Gasteiger partial charge is 0.120 e. The van der Waals surface area contributed by atoms with E-state index < -0.39 is 0 Å². The Morgan fingerprint density at radius 2 is 2.11 bits per heavy atom. The number of ether oxygens (including phenoxy) is 1. The molecule has 1 heterocycles. The number of phenolic OH excluding ortho intramolecular Hbond substituents is 1. The van der Waals surface area contributed by atoms with Gasteiger partial charge in [-0.05, 0) is 32.0 Å². The van der Waals surface area contributed by atoms with Gasteiger partial charge in [0.15, 0.2) is 0 Å². The van der Waals surface area contributed by atoms with E-state index in [-0.39, 0.29) is 5.75 Å². The molecule has 2 aromatic rings. The van der Waals surface area contributed by atoms with Gasteiger partial charge in [0.1, 0.15) is 11.5 Å². The second kappa shape index (κ2) is 5.22.